The average molecular weight is 444 g/mol. The molecule has 4 heterocycles. The normalized spacial score (nSPS) is 20.0. The van der Waals surface area contributed by atoms with Gasteiger partial charge in [0.1, 0.15) is 0 Å². The molecule has 166 valence electrons. The van der Waals surface area contributed by atoms with Crippen LogP contribution in [-0.4, -0.2) is 70.0 Å². The van der Waals surface area contributed by atoms with Crippen LogP contribution in [0.25, 0.3) is 0 Å². The van der Waals surface area contributed by atoms with E-state index in [0.29, 0.717) is 37.7 Å². The number of likely N-dealkylation sites (tertiary alicyclic amines) is 2. The molecule has 0 radical (unpaired) electrons. The van der Waals surface area contributed by atoms with Crippen LogP contribution < -0.4 is 5.32 Å². The minimum atomic E-state index is -0.112. The number of thiophene rings is 1. The van der Waals surface area contributed by atoms with Crippen molar-refractivity contribution >= 4 is 29.1 Å². The molecule has 1 atom stereocenters. The Hall–Kier alpha value is -2.68. The number of rotatable bonds is 5. The molecule has 0 spiro atoms. The molecule has 0 saturated carbocycles. The zero-order chi connectivity index (χ0) is 21.8. The van der Waals surface area contributed by atoms with Gasteiger partial charge in [-0.05, 0) is 43.0 Å². The number of carbonyl (C=O) groups is 3. The molecule has 2 aromatic heterocycles. The highest BCUT2D eigenvalue weighted by molar-refractivity contribution is 7.12. The number of aryl methyl sites for hydroxylation is 1. The molecular weight excluding hydrogens is 414 g/mol. The second kappa shape index (κ2) is 9.64. The van der Waals surface area contributed by atoms with E-state index < -0.39 is 0 Å². The highest BCUT2D eigenvalue weighted by Crippen LogP contribution is 2.25. The first-order valence-electron chi connectivity index (χ1n) is 10.9. The maximum atomic E-state index is 13.1. The molecule has 1 unspecified atom stereocenters. The monoisotopic (exact) mass is 443 g/mol. The molecule has 8 nitrogen and oxygen atoms in total. The zero-order valence-corrected chi connectivity index (χ0v) is 18.6. The van der Waals surface area contributed by atoms with Crippen molar-refractivity contribution in [3.63, 3.8) is 0 Å². The van der Waals surface area contributed by atoms with E-state index in [2.05, 4.69) is 10.4 Å². The Morgan fingerprint density at radius 2 is 1.97 bits per heavy atom. The first kappa shape index (κ1) is 21.5. The molecule has 0 aromatic carbocycles. The van der Waals surface area contributed by atoms with Crippen molar-refractivity contribution in [3.05, 3.63) is 40.3 Å². The number of aromatic nitrogens is 2. The van der Waals surface area contributed by atoms with Gasteiger partial charge in [-0.3, -0.25) is 19.1 Å². The summed E-state index contributed by atoms with van der Waals surface area (Å²) in [5.74, 6) is 0.355. The number of nitrogens with one attached hydrogen (secondary N) is 1. The summed E-state index contributed by atoms with van der Waals surface area (Å²) in [7, 11) is 1.78. The number of hydrogen-bond donors (Lipinski definition) is 1. The summed E-state index contributed by atoms with van der Waals surface area (Å²) in [6.07, 6.45) is 6.73. The van der Waals surface area contributed by atoms with Crippen LogP contribution >= 0.6 is 11.3 Å². The molecule has 1 N–H and O–H groups in total. The maximum Gasteiger partial charge on any atom is 0.263 e. The van der Waals surface area contributed by atoms with E-state index in [4.69, 9.17) is 0 Å². The molecule has 2 aliphatic heterocycles. The van der Waals surface area contributed by atoms with Crippen molar-refractivity contribution in [1.29, 1.82) is 0 Å². The predicted octanol–water partition coefficient (Wildman–Crippen LogP) is 2.00. The van der Waals surface area contributed by atoms with Gasteiger partial charge in [0.15, 0.2) is 0 Å². The van der Waals surface area contributed by atoms with E-state index in [1.807, 2.05) is 27.3 Å². The summed E-state index contributed by atoms with van der Waals surface area (Å²) >= 11 is 1.45. The lowest BCUT2D eigenvalue weighted by Crippen LogP contribution is -2.49. The van der Waals surface area contributed by atoms with Crippen molar-refractivity contribution < 1.29 is 14.4 Å². The van der Waals surface area contributed by atoms with Crippen LogP contribution in [0.15, 0.2) is 29.9 Å². The van der Waals surface area contributed by atoms with E-state index in [0.717, 1.165) is 37.1 Å². The molecule has 9 heteroatoms. The standard InChI is InChI=1S/C22H29N5O3S/c1-25-14-18(13-24-25)20(28)23-12-16-6-9-26(10-7-16)21(29)17-4-2-8-27(15-17)22(30)19-5-3-11-31-19/h3,5,11,13-14,16-17H,2,4,6-10,12,15H2,1H3,(H,23,28). The van der Waals surface area contributed by atoms with Crippen LogP contribution in [0, 0.1) is 11.8 Å². The quantitative estimate of drug-likeness (QED) is 0.766. The van der Waals surface area contributed by atoms with Gasteiger partial charge in [0, 0.05) is 46.0 Å². The van der Waals surface area contributed by atoms with Gasteiger partial charge in [-0.15, -0.1) is 11.3 Å². The first-order valence-corrected chi connectivity index (χ1v) is 11.8. The highest BCUT2D eigenvalue weighted by atomic mass is 32.1. The van der Waals surface area contributed by atoms with Gasteiger partial charge in [0.2, 0.25) is 5.91 Å². The van der Waals surface area contributed by atoms with E-state index in [1.165, 1.54) is 11.3 Å². The average Bonchev–Trinajstić information content (AvgIpc) is 3.49. The highest BCUT2D eigenvalue weighted by Gasteiger charge is 2.33. The third kappa shape index (κ3) is 5.15. The lowest BCUT2D eigenvalue weighted by atomic mass is 9.92. The Labute approximate surface area is 186 Å². The first-order chi connectivity index (χ1) is 15.0. The third-order valence-corrected chi connectivity index (χ3v) is 7.09. The molecule has 4 rings (SSSR count). The lowest BCUT2D eigenvalue weighted by molar-refractivity contribution is -0.138. The molecule has 2 fully saturated rings. The minimum Gasteiger partial charge on any atom is -0.352 e. The van der Waals surface area contributed by atoms with Crippen molar-refractivity contribution in [2.75, 3.05) is 32.7 Å². The Kier molecular flexibility index (Phi) is 6.70. The molecule has 0 bridgehead atoms. The van der Waals surface area contributed by atoms with E-state index >= 15 is 0 Å². The van der Waals surface area contributed by atoms with Crippen molar-refractivity contribution in [2.24, 2.45) is 18.9 Å². The van der Waals surface area contributed by atoms with Gasteiger partial charge in [0.25, 0.3) is 11.8 Å². The van der Waals surface area contributed by atoms with Gasteiger partial charge in [0.05, 0.1) is 22.6 Å². The second-order valence-electron chi connectivity index (χ2n) is 8.45. The van der Waals surface area contributed by atoms with Gasteiger partial charge in [-0.25, -0.2) is 0 Å². The lowest BCUT2D eigenvalue weighted by Gasteiger charge is -2.37. The molecule has 2 aliphatic rings. The van der Waals surface area contributed by atoms with Crippen LogP contribution in [-0.2, 0) is 11.8 Å². The minimum absolute atomic E-state index is 0.0376. The Morgan fingerprint density at radius 1 is 1.16 bits per heavy atom. The van der Waals surface area contributed by atoms with Crippen molar-refractivity contribution in [3.8, 4) is 0 Å². The van der Waals surface area contributed by atoms with Crippen LogP contribution in [0.2, 0.25) is 0 Å². The van der Waals surface area contributed by atoms with Crippen LogP contribution in [0.1, 0.15) is 45.7 Å². The van der Waals surface area contributed by atoms with E-state index in [1.54, 1.807) is 24.1 Å². The van der Waals surface area contributed by atoms with Crippen LogP contribution in [0.3, 0.4) is 0 Å². The third-order valence-electron chi connectivity index (χ3n) is 6.23. The smallest absolute Gasteiger partial charge is 0.263 e. The fraction of sp³-hybridized carbons (Fsp3) is 0.545. The van der Waals surface area contributed by atoms with E-state index in [-0.39, 0.29) is 23.6 Å². The zero-order valence-electron chi connectivity index (χ0n) is 17.8. The number of nitrogens with zero attached hydrogens (tertiary/aromatic N) is 4. The molecular formula is C22H29N5O3S. The topological polar surface area (TPSA) is 87.5 Å². The Morgan fingerprint density at radius 3 is 2.65 bits per heavy atom. The fourth-order valence-corrected chi connectivity index (χ4v) is 5.10. The van der Waals surface area contributed by atoms with E-state index in [9.17, 15) is 14.4 Å². The van der Waals surface area contributed by atoms with Crippen molar-refractivity contribution in [1.82, 2.24) is 24.9 Å². The van der Waals surface area contributed by atoms with Crippen LogP contribution in [0.4, 0.5) is 0 Å². The number of amides is 3. The summed E-state index contributed by atoms with van der Waals surface area (Å²) in [5.41, 5.74) is 0.564. The summed E-state index contributed by atoms with van der Waals surface area (Å²) in [6.45, 7) is 3.27. The molecule has 2 aromatic rings. The largest absolute Gasteiger partial charge is 0.352 e. The predicted molar refractivity (Wildman–Crippen MR) is 118 cm³/mol. The maximum absolute atomic E-state index is 13.1. The second-order valence-corrected chi connectivity index (χ2v) is 9.40. The summed E-state index contributed by atoms with van der Waals surface area (Å²) in [5, 5.41) is 8.91. The van der Waals surface area contributed by atoms with Gasteiger partial charge >= 0.3 is 0 Å². The number of piperidine rings is 2. The molecule has 0 aliphatic carbocycles. The SMILES string of the molecule is Cn1cc(C(=O)NCC2CCN(C(=O)C3CCCN(C(=O)c4cccs4)C3)CC2)cn1. The van der Waals surface area contributed by atoms with Gasteiger partial charge in [-0.1, -0.05) is 6.07 Å². The molecule has 3 amide bonds. The summed E-state index contributed by atoms with van der Waals surface area (Å²) in [6, 6.07) is 3.73. The Balaban J connectivity index is 1.23. The summed E-state index contributed by atoms with van der Waals surface area (Å²) < 4.78 is 1.61. The fourth-order valence-electron chi connectivity index (χ4n) is 4.41. The van der Waals surface area contributed by atoms with Crippen molar-refractivity contribution in [2.45, 2.75) is 25.7 Å². The number of hydrogen-bond acceptors (Lipinski definition) is 5. The Bertz CT molecular complexity index is 917. The van der Waals surface area contributed by atoms with Gasteiger partial charge < -0.3 is 15.1 Å². The molecule has 2 saturated heterocycles. The van der Waals surface area contributed by atoms with Crippen LogP contribution in [0.5, 0.6) is 0 Å². The van der Waals surface area contributed by atoms with Gasteiger partial charge in [-0.2, -0.15) is 5.10 Å². The summed E-state index contributed by atoms with van der Waals surface area (Å²) in [4.78, 5) is 42.4. The number of carbonyl (C=O) groups excluding carboxylic acids is 3. The molecule has 31 heavy (non-hydrogen) atoms.